The Labute approximate surface area is 132 Å². The second-order valence-corrected chi connectivity index (χ2v) is 5.25. The zero-order valence-corrected chi connectivity index (χ0v) is 13.2. The van der Waals surface area contributed by atoms with Crippen molar-refractivity contribution < 1.29 is 14.3 Å². The van der Waals surface area contributed by atoms with Crippen LogP contribution in [0.25, 0.3) is 0 Å². The van der Waals surface area contributed by atoms with Gasteiger partial charge in [-0.25, -0.2) is 4.98 Å². The van der Waals surface area contributed by atoms with Crippen molar-refractivity contribution in [3.63, 3.8) is 0 Å². The highest BCUT2D eigenvalue weighted by Gasteiger charge is 2.15. The number of carbonyl (C=O) groups excluding carboxylic acids is 2. The van der Waals surface area contributed by atoms with Gasteiger partial charge in [-0.2, -0.15) is 0 Å². The van der Waals surface area contributed by atoms with Gasteiger partial charge in [-0.3, -0.25) is 9.59 Å². The quantitative estimate of drug-likeness (QED) is 0.851. The van der Waals surface area contributed by atoms with E-state index in [9.17, 15) is 9.59 Å². The van der Waals surface area contributed by atoms with E-state index in [0.29, 0.717) is 18.8 Å². The SMILES string of the molecule is CCNC(=O)c1nc(C(=O)NCc2ccccc2OC)cs1. The van der Waals surface area contributed by atoms with Gasteiger partial charge in [0.25, 0.3) is 11.8 Å². The van der Waals surface area contributed by atoms with Crippen molar-refractivity contribution in [3.8, 4) is 5.75 Å². The van der Waals surface area contributed by atoms with Gasteiger partial charge in [-0.15, -0.1) is 11.3 Å². The van der Waals surface area contributed by atoms with E-state index in [-0.39, 0.29) is 22.5 Å². The van der Waals surface area contributed by atoms with Gasteiger partial charge in [0.2, 0.25) is 0 Å². The molecule has 0 aliphatic rings. The summed E-state index contributed by atoms with van der Waals surface area (Å²) in [7, 11) is 1.58. The minimum absolute atomic E-state index is 0.237. The first-order chi connectivity index (χ1) is 10.7. The maximum absolute atomic E-state index is 12.1. The van der Waals surface area contributed by atoms with E-state index < -0.39 is 0 Å². The highest BCUT2D eigenvalue weighted by molar-refractivity contribution is 7.11. The van der Waals surface area contributed by atoms with Crippen molar-refractivity contribution in [1.29, 1.82) is 0 Å². The molecule has 2 amide bonds. The van der Waals surface area contributed by atoms with E-state index in [1.54, 1.807) is 12.5 Å². The molecular weight excluding hydrogens is 302 g/mol. The lowest BCUT2D eigenvalue weighted by atomic mass is 10.2. The molecule has 0 radical (unpaired) electrons. The number of rotatable bonds is 6. The minimum atomic E-state index is -0.322. The standard InChI is InChI=1S/C15H17N3O3S/c1-3-16-14(20)15-18-11(9-22-15)13(19)17-8-10-6-4-5-7-12(10)21-2/h4-7,9H,3,8H2,1-2H3,(H,16,20)(H,17,19). The van der Waals surface area contributed by atoms with Crippen molar-refractivity contribution >= 4 is 23.2 Å². The average Bonchev–Trinajstić information content (AvgIpc) is 3.03. The largest absolute Gasteiger partial charge is 0.496 e. The van der Waals surface area contributed by atoms with Gasteiger partial charge in [0, 0.05) is 24.0 Å². The Bertz CT molecular complexity index is 670. The lowest BCUT2D eigenvalue weighted by Gasteiger charge is -2.08. The number of nitrogens with zero attached hydrogens (tertiary/aromatic N) is 1. The van der Waals surface area contributed by atoms with Gasteiger partial charge in [-0.1, -0.05) is 18.2 Å². The molecule has 116 valence electrons. The van der Waals surface area contributed by atoms with E-state index in [4.69, 9.17) is 4.74 Å². The van der Waals surface area contributed by atoms with E-state index in [2.05, 4.69) is 15.6 Å². The van der Waals surface area contributed by atoms with Crippen molar-refractivity contribution in [2.45, 2.75) is 13.5 Å². The number of amides is 2. The Morgan fingerprint density at radius 3 is 2.73 bits per heavy atom. The van der Waals surface area contributed by atoms with Crippen LogP contribution in [0, 0.1) is 0 Å². The molecule has 6 nitrogen and oxygen atoms in total. The van der Waals surface area contributed by atoms with Crippen LogP contribution < -0.4 is 15.4 Å². The average molecular weight is 319 g/mol. The molecule has 1 heterocycles. The summed E-state index contributed by atoms with van der Waals surface area (Å²) in [5, 5.41) is 7.27. The topological polar surface area (TPSA) is 80.3 Å². The van der Waals surface area contributed by atoms with Crippen LogP contribution in [-0.2, 0) is 6.54 Å². The van der Waals surface area contributed by atoms with Crippen LogP contribution in [0.1, 0.15) is 32.8 Å². The fraction of sp³-hybridized carbons (Fsp3) is 0.267. The lowest BCUT2D eigenvalue weighted by Crippen LogP contribution is -2.25. The van der Waals surface area contributed by atoms with Crippen LogP contribution in [0.15, 0.2) is 29.6 Å². The molecule has 1 aromatic carbocycles. The van der Waals surface area contributed by atoms with Crippen molar-refractivity contribution in [2.75, 3.05) is 13.7 Å². The fourth-order valence-electron chi connectivity index (χ4n) is 1.83. The van der Waals surface area contributed by atoms with Gasteiger partial charge in [0.15, 0.2) is 5.01 Å². The second-order valence-electron chi connectivity index (χ2n) is 4.39. The van der Waals surface area contributed by atoms with Gasteiger partial charge >= 0.3 is 0 Å². The minimum Gasteiger partial charge on any atom is -0.496 e. The van der Waals surface area contributed by atoms with E-state index in [1.807, 2.05) is 31.2 Å². The number of benzene rings is 1. The van der Waals surface area contributed by atoms with Gasteiger partial charge < -0.3 is 15.4 Å². The molecule has 0 aliphatic heterocycles. The molecule has 2 N–H and O–H groups in total. The molecule has 7 heteroatoms. The van der Waals surface area contributed by atoms with Crippen LogP contribution in [0.3, 0.4) is 0 Å². The summed E-state index contributed by atoms with van der Waals surface area (Å²) in [6, 6.07) is 7.45. The van der Waals surface area contributed by atoms with Crippen LogP contribution in [0.5, 0.6) is 5.75 Å². The summed E-state index contributed by atoms with van der Waals surface area (Å²) >= 11 is 1.15. The van der Waals surface area contributed by atoms with E-state index >= 15 is 0 Å². The van der Waals surface area contributed by atoms with Gasteiger partial charge in [0.1, 0.15) is 11.4 Å². The van der Waals surface area contributed by atoms with E-state index in [1.165, 1.54) is 0 Å². The predicted octanol–water partition coefficient (Wildman–Crippen LogP) is 1.83. The first kappa shape index (κ1) is 16.0. The molecule has 1 aromatic heterocycles. The molecule has 2 aromatic rings. The van der Waals surface area contributed by atoms with Crippen molar-refractivity contribution in [3.05, 3.63) is 45.9 Å². The van der Waals surface area contributed by atoms with Crippen LogP contribution in [0.2, 0.25) is 0 Å². The first-order valence-electron chi connectivity index (χ1n) is 6.79. The highest BCUT2D eigenvalue weighted by Crippen LogP contribution is 2.17. The monoisotopic (exact) mass is 319 g/mol. The number of thiazole rings is 1. The molecule has 2 rings (SSSR count). The third kappa shape index (κ3) is 3.82. The van der Waals surface area contributed by atoms with Crippen LogP contribution in [-0.4, -0.2) is 30.5 Å². The molecule has 0 bridgehead atoms. The highest BCUT2D eigenvalue weighted by atomic mass is 32.1. The number of hydrogen-bond acceptors (Lipinski definition) is 5. The zero-order chi connectivity index (χ0) is 15.9. The van der Waals surface area contributed by atoms with Crippen molar-refractivity contribution in [1.82, 2.24) is 15.6 Å². The fourth-order valence-corrected chi connectivity index (χ4v) is 2.55. The maximum atomic E-state index is 12.1. The lowest BCUT2D eigenvalue weighted by molar-refractivity contribution is 0.0946. The smallest absolute Gasteiger partial charge is 0.280 e. The number of carbonyl (C=O) groups is 2. The Kier molecular flexibility index (Phi) is 5.48. The Hall–Kier alpha value is -2.41. The van der Waals surface area contributed by atoms with Gasteiger partial charge in [0.05, 0.1) is 7.11 Å². The Morgan fingerprint density at radius 2 is 2.00 bits per heavy atom. The number of methoxy groups -OCH3 is 1. The summed E-state index contributed by atoms with van der Waals surface area (Å²) < 4.78 is 5.23. The normalized spacial score (nSPS) is 10.1. The van der Waals surface area contributed by atoms with Gasteiger partial charge in [-0.05, 0) is 13.0 Å². The Balaban J connectivity index is 1.99. The molecule has 0 fully saturated rings. The molecule has 0 saturated carbocycles. The number of para-hydroxylation sites is 1. The molecule has 0 aliphatic carbocycles. The molecule has 22 heavy (non-hydrogen) atoms. The van der Waals surface area contributed by atoms with Crippen LogP contribution in [0.4, 0.5) is 0 Å². The number of nitrogens with one attached hydrogen (secondary N) is 2. The maximum Gasteiger partial charge on any atom is 0.280 e. The number of ether oxygens (including phenoxy) is 1. The molecular formula is C15H17N3O3S. The third-order valence-corrected chi connectivity index (χ3v) is 3.74. The third-order valence-electron chi connectivity index (χ3n) is 2.90. The summed E-state index contributed by atoms with van der Waals surface area (Å²) in [4.78, 5) is 27.8. The summed E-state index contributed by atoms with van der Waals surface area (Å²) in [5.41, 5.74) is 1.11. The number of hydrogen-bond donors (Lipinski definition) is 2. The van der Waals surface area contributed by atoms with Crippen LogP contribution >= 0.6 is 11.3 Å². The molecule has 0 spiro atoms. The molecule has 0 atom stereocenters. The summed E-state index contributed by atoms with van der Waals surface area (Å²) in [6.07, 6.45) is 0. The predicted molar refractivity (Wildman–Crippen MR) is 84.3 cm³/mol. The molecule has 0 saturated heterocycles. The second kappa shape index (κ2) is 7.56. The molecule has 0 unspecified atom stereocenters. The Morgan fingerprint density at radius 1 is 1.23 bits per heavy atom. The van der Waals surface area contributed by atoms with E-state index in [0.717, 1.165) is 16.9 Å². The van der Waals surface area contributed by atoms with Crippen molar-refractivity contribution in [2.24, 2.45) is 0 Å². The zero-order valence-electron chi connectivity index (χ0n) is 12.4. The number of aromatic nitrogens is 1. The first-order valence-corrected chi connectivity index (χ1v) is 7.67. The summed E-state index contributed by atoms with van der Waals surface area (Å²) in [5.74, 6) is 0.123. The summed E-state index contributed by atoms with van der Waals surface area (Å²) in [6.45, 7) is 2.68.